The molecule has 0 N–H and O–H groups in total. The van der Waals surface area contributed by atoms with Crippen molar-refractivity contribution in [3.63, 3.8) is 0 Å². The van der Waals surface area contributed by atoms with Crippen molar-refractivity contribution in [1.29, 1.82) is 0 Å². The molecule has 6 heteroatoms. The van der Waals surface area contributed by atoms with Gasteiger partial charge in [-0.1, -0.05) is 367 Å². The van der Waals surface area contributed by atoms with Gasteiger partial charge in [0.15, 0.2) is 6.10 Å². The topological polar surface area (TPSA) is 78.9 Å². The van der Waals surface area contributed by atoms with E-state index in [2.05, 4.69) is 20.8 Å². The zero-order valence-corrected chi connectivity index (χ0v) is 51.4. The smallest absolute Gasteiger partial charge is 0.306 e. The normalized spacial score (nSPS) is 11.9. The molecule has 0 saturated carbocycles. The summed E-state index contributed by atoms with van der Waals surface area (Å²) in [5.74, 6) is -0.827. The summed E-state index contributed by atoms with van der Waals surface area (Å²) in [7, 11) is 0. The molecule has 0 aromatic rings. The molecule has 1 unspecified atom stereocenters. The summed E-state index contributed by atoms with van der Waals surface area (Å²) in [4.78, 5) is 38.3. The highest BCUT2D eigenvalue weighted by Gasteiger charge is 2.19. The molecular weight excluding hydrogens is 925 g/mol. The van der Waals surface area contributed by atoms with Gasteiger partial charge in [0.05, 0.1) is 0 Å². The number of esters is 3. The van der Waals surface area contributed by atoms with Crippen molar-refractivity contribution >= 4 is 17.9 Å². The van der Waals surface area contributed by atoms with Crippen molar-refractivity contribution in [2.24, 2.45) is 0 Å². The van der Waals surface area contributed by atoms with Gasteiger partial charge >= 0.3 is 17.9 Å². The third-order valence-electron chi connectivity index (χ3n) is 16.1. The Hall–Kier alpha value is -1.59. The van der Waals surface area contributed by atoms with E-state index >= 15 is 0 Å². The standard InChI is InChI=1S/C69H134O6/c1-4-7-10-13-16-19-22-25-26-27-28-29-30-31-32-33-34-35-36-37-38-39-40-41-42-45-47-50-53-56-59-62-68(71)74-65-66(75-69(72)63-60-57-54-51-48-44-24-21-18-15-12-9-6-3)64-73-67(70)61-58-55-52-49-46-43-23-20-17-14-11-8-5-2/h66H,4-65H2,1-3H3. The minimum Gasteiger partial charge on any atom is -0.462 e. The molecule has 0 heterocycles. The largest absolute Gasteiger partial charge is 0.462 e. The second-order valence-electron chi connectivity index (χ2n) is 23.8. The summed E-state index contributed by atoms with van der Waals surface area (Å²) in [5.41, 5.74) is 0. The van der Waals surface area contributed by atoms with E-state index in [0.29, 0.717) is 19.3 Å². The molecule has 446 valence electrons. The summed E-state index contributed by atoms with van der Waals surface area (Å²) in [5, 5.41) is 0. The Morgan fingerprint density at radius 2 is 0.360 bits per heavy atom. The van der Waals surface area contributed by atoms with Crippen LogP contribution in [0.4, 0.5) is 0 Å². The average molecular weight is 1060 g/mol. The van der Waals surface area contributed by atoms with Gasteiger partial charge in [0.25, 0.3) is 0 Å². The molecule has 0 amide bonds. The molecule has 0 bridgehead atoms. The summed E-state index contributed by atoms with van der Waals surface area (Å²) < 4.78 is 16.9. The van der Waals surface area contributed by atoms with Crippen molar-refractivity contribution in [2.45, 2.75) is 412 Å². The summed E-state index contributed by atoms with van der Waals surface area (Å²) in [6.07, 6.45) is 75.7. The van der Waals surface area contributed by atoms with Crippen molar-refractivity contribution in [2.75, 3.05) is 13.2 Å². The first-order valence-corrected chi connectivity index (χ1v) is 34.5. The molecule has 0 aliphatic carbocycles. The van der Waals surface area contributed by atoms with Crippen LogP contribution in [0.15, 0.2) is 0 Å². The monoisotopic (exact) mass is 1060 g/mol. The van der Waals surface area contributed by atoms with Crippen LogP contribution in [0.3, 0.4) is 0 Å². The van der Waals surface area contributed by atoms with Crippen LogP contribution in [0, 0.1) is 0 Å². The highest BCUT2D eigenvalue weighted by atomic mass is 16.6. The molecule has 6 nitrogen and oxygen atoms in total. The van der Waals surface area contributed by atoms with Gasteiger partial charge in [0, 0.05) is 19.3 Å². The maximum Gasteiger partial charge on any atom is 0.306 e. The Bertz CT molecular complexity index is 1120. The number of carbonyl (C=O) groups excluding carboxylic acids is 3. The Balaban J connectivity index is 4.04. The quantitative estimate of drug-likeness (QED) is 0.0343. The fourth-order valence-electron chi connectivity index (χ4n) is 10.9. The molecule has 1 atom stereocenters. The van der Waals surface area contributed by atoms with Crippen LogP contribution in [0.2, 0.25) is 0 Å². The Labute approximate surface area is 469 Å². The molecule has 0 aliphatic rings. The van der Waals surface area contributed by atoms with Crippen LogP contribution in [-0.4, -0.2) is 37.2 Å². The van der Waals surface area contributed by atoms with Gasteiger partial charge in [-0.3, -0.25) is 14.4 Å². The van der Waals surface area contributed by atoms with Gasteiger partial charge in [-0.15, -0.1) is 0 Å². The lowest BCUT2D eigenvalue weighted by Gasteiger charge is -2.18. The number of rotatable bonds is 65. The summed E-state index contributed by atoms with van der Waals surface area (Å²) >= 11 is 0. The molecule has 0 spiro atoms. The third kappa shape index (κ3) is 63.1. The second kappa shape index (κ2) is 64.9. The van der Waals surface area contributed by atoms with Gasteiger partial charge in [0.1, 0.15) is 13.2 Å². The van der Waals surface area contributed by atoms with Crippen molar-refractivity contribution in [3.8, 4) is 0 Å². The van der Waals surface area contributed by atoms with Crippen molar-refractivity contribution in [3.05, 3.63) is 0 Å². The van der Waals surface area contributed by atoms with Crippen LogP contribution in [0.5, 0.6) is 0 Å². The van der Waals surface area contributed by atoms with Crippen LogP contribution in [-0.2, 0) is 28.6 Å². The second-order valence-corrected chi connectivity index (χ2v) is 23.8. The number of hydrogen-bond donors (Lipinski definition) is 0. The third-order valence-corrected chi connectivity index (χ3v) is 16.1. The van der Waals surface area contributed by atoms with Gasteiger partial charge in [0.2, 0.25) is 0 Å². The van der Waals surface area contributed by atoms with Crippen LogP contribution in [0.25, 0.3) is 0 Å². The number of unbranched alkanes of at least 4 members (excludes halogenated alkanes) is 54. The van der Waals surface area contributed by atoms with E-state index in [-0.39, 0.29) is 31.1 Å². The summed E-state index contributed by atoms with van der Waals surface area (Å²) in [6, 6.07) is 0. The van der Waals surface area contributed by atoms with E-state index in [1.807, 2.05) is 0 Å². The first-order valence-electron chi connectivity index (χ1n) is 34.5. The molecule has 0 aliphatic heterocycles. The number of carbonyl (C=O) groups is 3. The fraction of sp³-hybridized carbons (Fsp3) is 0.957. The van der Waals surface area contributed by atoms with Gasteiger partial charge in [-0.2, -0.15) is 0 Å². The fourth-order valence-corrected chi connectivity index (χ4v) is 10.9. The maximum absolute atomic E-state index is 12.9. The van der Waals surface area contributed by atoms with E-state index in [1.54, 1.807) is 0 Å². The average Bonchev–Trinajstić information content (AvgIpc) is 3.41. The highest BCUT2D eigenvalue weighted by Crippen LogP contribution is 2.19. The highest BCUT2D eigenvalue weighted by molar-refractivity contribution is 5.71. The Morgan fingerprint density at radius 1 is 0.213 bits per heavy atom. The Kier molecular flexibility index (Phi) is 63.6. The van der Waals surface area contributed by atoms with E-state index in [9.17, 15) is 14.4 Å². The zero-order chi connectivity index (χ0) is 54.3. The van der Waals surface area contributed by atoms with Crippen molar-refractivity contribution < 1.29 is 28.6 Å². The molecule has 0 rings (SSSR count). The SMILES string of the molecule is CCCCCCCCCCCCCCCCCCCCCCCCCCCCCCCCCC(=O)OCC(COC(=O)CCCCCCCCCCCCCCC)OC(=O)CCCCCCCCCCCCCCC. The first-order chi connectivity index (χ1) is 37.0. The molecule has 0 aromatic carbocycles. The van der Waals surface area contributed by atoms with Gasteiger partial charge < -0.3 is 14.2 Å². The van der Waals surface area contributed by atoms with Crippen LogP contribution < -0.4 is 0 Å². The molecule has 75 heavy (non-hydrogen) atoms. The molecule has 0 fully saturated rings. The minimum atomic E-state index is -0.762. The maximum atomic E-state index is 12.9. The molecule has 0 aromatic heterocycles. The predicted molar refractivity (Wildman–Crippen MR) is 326 cm³/mol. The first kappa shape index (κ1) is 73.4. The lowest BCUT2D eigenvalue weighted by atomic mass is 10.0. The van der Waals surface area contributed by atoms with Crippen LogP contribution in [0.1, 0.15) is 406 Å². The van der Waals surface area contributed by atoms with E-state index < -0.39 is 6.10 Å². The molecule has 0 saturated heterocycles. The lowest BCUT2D eigenvalue weighted by Crippen LogP contribution is -2.30. The Morgan fingerprint density at radius 3 is 0.533 bits per heavy atom. The van der Waals surface area contributed by atoms with Crippen LogP contribution >= 0.6 is 0 Å². The van der Waals surface area contributed by atoms with E-state index in [4.69, 9.17) is 14.2 Å². The number of ether oxygens (including phenoxy) is 3. The van der Waals surface area contributed by atoms with Gasteiger partial charge in [-0.05, 0) is 19.3 Å². The zero-order valence-electron chi connectivity index (χ0n) is 51.4. The molecule has 0 radical (unpaired) electrons. The van der Waals surface area contributed by atoms with E-state index in [0.717, 1.165) is 57.8 Å². The minimum absolute atomic E-state index is 0.0607. The lowest BCUT2D eigenvalue weighted by molar-refractivity contribution is -0.167. The van der Waals surface area contributed by atoms with Crippen molar-refractivity contribution in [1.82, 2.24) is 0 Å². The molecular formula is C69H134O6. The number of hydrogen-bond acceptors (Lipinski definition) is 6. The summed E-state index contributed by atoms with van der Waals surface area (Å²) in [6.45, 7) is 6.72. The van der Waals surface area contributed by atoms with Gasteiger partial charge in [-0.25, -0.2) is 0 Å². The predicted octanol–water partition coefficient (Wildman–Crippen LogP) is 23.5. The van der Waals surface area contributed by atoms with E-state index in [1.165, 1.54) is 308 Å².